The quantitative estimate of drug-likeness (QED) is 0.155. The Labute approximate surface area is 241 Å². The van der Waals surface area contributed by atoms with Crippen LogP contribution in [0.3, 0.4) is 0 Å². The smallest absolute Gasteiger partial charge is 0.0201 e. The lowest BCUT2D eigenvalue weighted by Crippen LogP contribution is -1.88. The van der Waals surface area contributed by atoms with Gasteiger partial charge >= 0.3 is 0 Å². The van der Waals surface area contributed by atoms with Crippen molar-refractivity contribution in [3.63, 3.8) is 0 Å². The van der Waals surface area contributed by atoms with Crippen molar-refractivity contribution in [2.75, 3.05) is 0 Å². The van der Waals surface area contributed by atoms with Gasteiger partial charge in [-0.1, -0.05) is 109 Å². The van der Waals surface area contributed by atoms with E-state index in [4.69, 9.17) is 0 Å². The Kier molecular flexibility index (Phi) is 10.4. The monoisotopic (exact) mass is 570 g/mol. The maximum absolute atomic E-state index is 3.90. The van der Waals surface area contributed by atoms with Gasteiger partial charge in [0.15, 0.2) is 0 Å². The highest BCUT2D eigenvalue weighted by Gasteiger charge is 2.14. The highest BCUT2D eigenvalue weighted by molar-refractivity contribution is 8.03. The van der Waals surface area contributed by atoms with Gasteiger partial charge in [-0.2, -0.15) is 0 Å². The second-order valence-corrected chi connectivity index (χ2v) is 12.9. The molecule has 0 aliphatic rings. The van der Waals surface area contributed by atoms with Crippen molar-refractivity contribution < 1.29 is 0 Å². The summed E-state index contributed by atoms with van der Waals surface area (Å²) in [6, 6.07) is 30.6. The van der Waals surface area contributed by atoms with E-state index in [0.717, 1.165) is 0 Å². The summed E-state index contributed by atoms with van der Waals surface area (Å²) < 4.78 is 0. The summed E-state index contributed by atoms with van der Waals surface area (Å²) in [7, 11) is 0. The van der Waals surface area contributed by atoms with Crippen LogP contribution in [0.5, 0.6) is 0 Å². The number of hydrogen-bond donors (Lipinski definition) is 0. The molecule has 4 aromatic carbocycles. The summed E-state index contributed by atoms with van der Waals surface area (Å²) >= 11 is 8.35. The minimum atomic E-state index is 1.17. The largest absolute Gasteiger partial charge is 0.0987 e. The highest BCUT2D eigenvalue weighted by Crippen LogP contribution is 2.44. The van der Waals surface area contributed by atoms with Crippen LogP contribution in [-0.4, -0.2) is 0 Å². The third kappa shape index (κ3) is 7.34. The molecule has 4 rings (SSSR count). The molecule has 0 saturated carbocycles. The van der Waals surface area contributed by atoms with E-state index in [-0.39, 0.29) is 0 Å². The number of rotatable bonds is 12. The van der Waals surface area contributed by atoms with Crippen LogP contribution in [0.1, 0.15) is 0 Å². The fourth-order valence-electron chi connectivity index (χ4n) is 3.77. The van der Waals surface area contributed by atoms with Crippen LogP contribution in [0.2, 0.25) is 0 Å². The minimum absolute atomic E-state index is 1.17. The number of hydrogen-bond acceptors (Lipinski definition) is 5. The van der Waals surface area contributed by atoms with Crippen LogP contribution >= 0.6 is 58.8 Å². The van der Waals surface area contributed by atoms with Gasteiger partial charge in [0, 0.05) is 29.4 Å². The standard InChI is InChI=1S/C32H26S5/c1-5-33-25-13-9-11-23(19-25)29-21-27(35-7-3)15-17-31(29)37-32-18-16-28(36-8-4)22-30(32)24-12-10-14-26(20-24)34-6-2/h5-22H,1-4H2. The van der Waals surface area contributed by atoms with Crippen LogP contribution in [0.15, 0.2) is 162 Å². The molecule has 0 N–H and O–H groups in total. The van der Waals surface area contributed by atoms with Crippen molar-refractivity contribution in [2.24, 2.45) is 0 Å². The molecule has 0 amide bonds. The summed E-state index contributed by atoms with van der Waals surface area (Å²) in [5.41, 5.74) is 4.78. The molecule has 0 aliphatic heterocycles. The predicted octanol–water partition coefficient (Wildman–Crippen LogP) is 12.1. The van der Waals surface area contributed by atoms with Crippen molar-refractivity contribution in [1.82, 2.24) is 0 Å². The molecule has 0 unspecified atom stereocenters. The molecular formula is C32H26S5. The summed E-state index contributed by atoms with van der Waals surface area (Å²) in [6.07, 6.45) is 0. The van der Waals surface area contributed by atoms with E-state index >= 15 is 0 Å². The second kappa shape index (κ2) is 13.9. The molecule has 184 valence electrons. The van der Waals surface area contributed by atoms with Gasteiger partial charge in [-0.25, -0.2) is 0 Å². The fraction of sp³-hybridized carbons (Fsp3) is 0. The lowest BCUT2D eigenvalue weighted by Gasteiger charge is -2.16. The molecular weight excluding hydrogens is 545 g/mol. The van der Waals surface area contributed by atoms with Crippen LogP contribution in [0.25, 0.3) is 22.3 Å². The third-order valence-electron chi connectivity index (χ3n) is 5.29. The summed E-state index contributed by atoms with van der Waals surface area (Å²) in [5, 5.41) is 7.48. The van der Waals surface area contributed by atoms with Crippen molar-refractivity contribution in [3.05, 3.63) is 133 Å². The van der Waals surface area contributed by atoms with E-state index in [9.17, 15) is 0 Å². The highest BCUT2D eigenvalue weighted by atomic mass is 32.2. The third-order valence-corrected chi connectivity index (χ3v) is 9.21. The predicted molar refractivity (Wildman–Crippen MR) is 172 cm³/mol. The first-order valence-electron chi connectivity index (χ1n) is 11.4. The summed E-state index contributed by atoms with van der Waals surface area (Å²) in [5.74, 6) is 0. The van der Waals surface area contributed by atoms with Gasteiger partial charge in [0.05, 0.1) is 0 Å². The second-order valence-electron chi connectivity index (χ2n) is 7.61. The Balaban J connectivity index is 1.82. The molecule has 4 aromatic rings. The van der Waals surface area contributed by atoms with Gasteiger partial charge in [0.1, 0.15) is 0 Å². The zero-order chi connectivity index (χ0) is 26.0. The van der Waals surface area contributed by atoms with Gasteiger partial charge in [0.25, 0.3) is 0 Å². The SMILES string of the molecule is C=CSc1cccc(-c2cc(SC=C)ccc2Sc2ccc(SC=C)cc2-c2cccc(SC=C)c2)c1. The molecule has 0 fully saturated rings. The summed E-state index contributed by atoms with van der Waals surface area (Å²) in [4.78, 5) is 7.10. The van der Waals surface area contributed by atoms with E-state index in [1.165, 1.54) is 51.6 Å². The van der Waals surface area contributed by atoms with E-state index in [0.29, 0.717) is 0 Å². The number of thioether (sulfide) groups is 4. The Morgan fingerprint density at radius 1 is 0.432 bits per heavy atom. The van der Waals surface area contributed by atoms with Crippen LogP contribution in [0, 0.1) is 0 Å². The molecule has 0 aromatic heterocycles. The average Bonchev–Trinajstić information content (AvgIpc) is 2.91. The van der Waals surface area contributed by atoms with Gasteiger partial charge in [-0.3, -0.25) is 0 Å². The van der Waals surface area contributed by atoms with Gasteiger partial charge < -0.3 is 0 Å². The zero-order valence-electron chi connectivity index (χ0n) is 20.3. The van der Waals surface area contributed by atoms with Gasteiger partial charge in [-0.15, -0.1) is 0 Å². The van der Waals surface area contributed by atoms with Crippen molar-refractivity contribution in [2.45, 2.75) is 29.4 Å². The summed E-state index contributed by atoms with van der Waals surface area (Å²) in [6.45, 7) is 15.6. The zero-order valence-corrected chi connectivity index (χ0v) is 24.3. The first-order valence-corrected chi connectivity index (χ1v) is 15.8. The Morgan fingerprint density at radius 3 is 1.19 bits per heavy atom. The first kappa shape index (κ1) is 27.6. The van der Waals surface area contributed by atoms with Crippen molar-refractivity contribution in [3.8, 4) is 22.3 Å². The van der Waals surface area contributed by atoms with Crippen LogP contribution < -0.4 is 0 Å². The normalized spacial score (nSPS) is 10.6. The lowest BCUT2D eigenvalue weighted by molar-refractivity contribution is 1.31. The molecule has 0 heterocycles. The van der Waals surface area contributed by atoms with Crippen molar-refractivity contribution in [1.29, 1.82) is 0 Å². The molecule has 0 nitrogen and oxygen atoms in total. The maximum Gasteiger partial charge on any atom is 0.0201 e. The molecule has 0 bridgehead atoms. The lowest BCUT2D eigenvalue weighted by atomic mass is 10.1. The fourth-order valence-corrected chi connectivity index (χ4v) is 6.99. The van der Waals surface area contributed by atoms with Crippen LogP contribution in [-0.2, 0) is 0 Å². The molecule has 0 aliphatic carbocycles. The Bertz CT molecular complexity index is 1330. The minimum Gasteiger partial charge on any atom is -0.0987 e. The van der Waals surface area contributed by atoms with E-state index < -0.39 is 0 Å². The first-order chi connectivity index (χ1) is 18.1. The van der Waals surface area contributed by atoms with Gasteiger partial charge in [0.2, 0.25) is 0 Å². The maximum atomic E-state index is 3.90. The Hall–Kier alpha value is -2.41. The molecule has 0 radical (unpaired) electrons. The molecule has 5 heteroatoms. The van der Waals surface area contributed by atoms with Crippen molar-refractivity contribution >= 4 is 58.8 Å². The molecule has 0 saturated heterocycles. The van der Waals surface area contributed by atoms with Crippen LogP contribution in [0.4, 0.5) is 0 Å². The molecule has 0 atom stereocenters. The van der Waals surface area contributed by atoms with E-state index in [1.54, 1.807) is 58.8 Å². The molecule has 0 spiro atoms. The van der Waals surface area contributed by atoms with E-state index in [1.807, 2.05) is 21.6 Å². The Morgan fingerprint density at radius 2 is 0.811 bits per heavy atom. The topological polar surface area (TPSA) is 0 Å². The number of benzene rings is 4. The van der Waals surface area contributed by atoms with Gasteiger partial charge in [-0.05, 0) is 105 Å². The average molecular weight is 571 g/mol. The van der Waals surface area contributed by atoms with E-state index in [2.05, 4.69) is 111 Å². The molecule has 37 heavy (non-hydrogen) atoms.